The molecule has 1 atom stereocenters. The molecule has 2 N–H and O–H groups in total. The van der Waals surface area contributed by atoms with E-state index in [1.807, 2.05) is 11.8 Å². The molecule has 2 nitrogen and oxygen atoms in total. The number of anilines is 1. The Morgan fingerprint density at radius 2 is 2.19 bits per heavy atom. The van der Waals surface area contributed by atoms with Crippen LogP contribution in [0.4, 0.5) is 5.69 Å². The van der Waals surface area contributed by atoms with Crippen LogP contribution in [0.25, 0.3) is 0 Å². The Morgan fingerprint density at radius 1 is 1.44 bits per heavy atom. The van der Waals surface area contributed by atoms with E-state index in [0.29, 0.717) is 12.6 Å². The zero-order valence-corrected chi connectivity index (χ0v) is 11.3. The standard InChI is InChI=1S/C13H22N2S/c1-11-5-4-6-12(9-11)15(2)13(10-14)7-8-16-3/h4-6,9,13H,7-8,10,14H2,1-3H3. The molecule has 0 aliphatic heterocycles. The molecule has 0 saturated heterocycles. The first kappa shape index (κ1) is 13.4. The third kappa shape index (κ3) is 3.72. The fourth-order valence-corrected chi connectivity index (χ4v) is 2.29. The molecule has 0 amide bonds. The first-order valence-corrected chi connectivity index (χ1v) is 7.07. The molecule has 0 aromatic heterocycles. The minimum absolute atomic E-state index is 0.439. The van der Waals surface area contributed by atoms with Gasteiger partial charge in [-0.3, -0.25) is 0 Å². The minimum atomic E-state index is 0.439. The van der Waals surface area contributed by atoms with Gasteiger partial charge in [-0.1, -0.05) is 12.1 Å². The molecule has 0 spiro atoms. The van der Waals surface area contributed by atoms with Gasteiger partial charge in [-0.2, -0.15) is 11.8 Å². The number of hydrogen-bond donors (Lipinski definition) is 1. The first-order valence-electron chi connectivity index (χ1n) is 5.67. The van der Waals surface area contributed by atoms with Gasteiger partial charge in [0.1, 0.15) is 0 Å². The molecule has 0 bridgehead atoms. The first-order chi connectivity index (χ1) is 7.69. The number of nitrogens with zero attached hydrogens (tertiary/aromatic N) is 1. The Kier molecular flexibility index (Phi) is 5.71. The number of aryl methyl sites for hydroxylation is 1. The highest BCUT2D eigenvalue weighted by Crippen LogP contribution is 2.18. The minimum Gasteiger partial charge on any atom is -0.370 e. The monoisotopic (exact) mass is 238 g/mol. The second kappa shape index (κ2) is 6.81. The summed E-state index contributed by atoms with van der Waals surface area (Å²) in [7, 11) is 2.13. The molecule has 16 heavy (non-hydrogen) atoms. The van der Waals surface area contributed by atoms with Gasteiger partial charge in [0.15, 0.2) is 0 Å². The van der Waals surface area contributed by atoms with Gasteiger partial charge in [0.2, 0.25) is 0 Å². The van der Waals surface area contributed by atoms with E-state index in [1.54, 1.807) is 0 Å². The number of benzene rings is 1. The van der Waals surface area contributed by atoms with E-state index >= 15 is 0 Å². The van der Waals surface area contributed by atoms with Gasteiger partial charge in [0.25, 0.3) is 0 Å². The zero-order chi connectivity index (χ0) is 12.0. The number of hydrogen-bond acceptors (Lipinski definition) is 3. The fourth-order valence-electron chi connectivity index (χ4n) is 1.78. The molecular weight excluding hydrogens is 216 g/mol. The SMILES string of the molecule is CSCCC(CN)N(C)c1cccc(C)c1. The van der Waals surface area contributed by atoms with Crippen molar-refractivity contribution in [2.45, 2.75) is 19.4 Å². The Labute approximate surface area is 103 Å². The Morgan fingerprint density at radius 3 is 2.75 bits per heavy atom. The second-order valence-corrected chi connectivity index (χ2v) is 5.11. The van der Waals surface area contributed by atoms with Gasteiger partial charge in [-0.25, -0.2) is 0 Å². The average molecular weight is 238 g/mol. The van der Waals surface area contributed by atoms with Crippen molar-refractivity contribution < 1.29 is 0 Å². The smallest absolute Gasteiger partial charge is 0.0416 e. The van der Waals surface area contributed by atoms with Gasteiger partial charge in [0, 0.05) is 25.3 Å². The van der Waals surface area contributed by atoms with Crippen molar-refractivity contribution in [2.24, 2.45) is 5.73 Å². The maximum Gasteiger partial charge on any atom is 0.0416 e. The fraction of sp³-hybridized carbons (Fsp3) is 0.538. The van der Waals surface area contributed by atoms with E-state index < -0.39 is 0 Å². The van der Waals surface area contributed by atoms with Crippen molar-refractivity contribution in [1.29, 1.82) is 0 Å². The lowest BCUT2D eigenvalue weighted by atomic mass is 10.1. The van der Waals surface area contributed by atoms with Crippen LogP contribution in [0.1, 0.15) is 12.0 Å². The summed E-state index contributed by atoms with van der Waals surface area (Å²) in [5.41, 5.74) is 8.40. The second-order valence-electron chi connectivity index (χ2n) is 4.12. The lowest BCUT2D eigenvalue weighted by molar-refractivity contribution is 0.623. The largest absolute Gasteiger partial charge is 0.370 e. The van der Waals surface area contributed by atoms with E-state index in [0.717, 1.165) is 12.2 Å². The van der Waals surface area contributed by atoms with Crippen molar-refractivity contribution in [3.05, 3.63) is 29.8 Å². The maximum atomic E-state index is 5.84. The number of likely N-dealkylation sites (N-methyl/N-ethyl adjacent to an activating group) is 1. The number of rotatable bonds is 6. The van der Waals surface area contributed by atoms with E-state index in [-0.39, 0.29) is 0 Å². The summed E-state index contributed by atoms with van der Waals surface area (Å²) in [5, 5.41) is 0. The molecule has 0 fully saturated rings. The summed E-state index contributed by atoms with van der Waals surface area (Å²) in [6, 6.07) is 9.02. The lowest BCUT2D eigenvalue weighted by Gasteiger charge is -2.29. The van der Waals surface area contributed by atoms with Crippen LogP contribution in [-0.4, -0.2) is 31.6 Å². The highest BCUT2D eigenvalue weighted by Gasteiger charge is 2.12. The maximum absolute atomic E-state index is 5.84. The summed E-state index contributed by atoms with van der Waals surface area (Å²) in [4.78, 5) is 2.29. The lowest BCUT2D eigenvalue weighted by Crippen LogP contribution is -2.38. The van der Waals surface area contributed by atoms with Crippen LogP contribution in [0.2, 0.25) is 0 Å². The molecule has 1 aromatic carbocycles. The van der Waals surface area contributed by atoms with Crippen LogP contribution in [-0.2, 0) is 0 Å². The summed E-state index contributed by atoms with van der Waals surface area (Å²) >= 11 is 1.88. The van der Waals surface area contributed by atoms with Gasteiger partial charge in [0.05, 0.1) is 0 Å². The molecule has 0 aliphatic carbocycles. The van der Waals surface area contributed by atoms with Crippen LogP contribution in [0, 0.1) is 6.92 Å². The molecule has 3 heteroatoms. The van der Waals surface area contributed by atoms with Crippen molar-refractivity contribution in [3.63, 3.8) is 0 Å². The molecule has 0 aliphatic rings. The normalized spacial score (nSPS) is 12.5. The van der Waals surface area contributed by atoms with E-state index in [1.165, 1.54) is 11.3 Å². The molecule has 1 unspecified atom stereocenters. The molecule has 1 rings (SSSR count). The van der Waals surface area contributed by atoms with Crippen molar-refractivity contribution >= 4 is 17.4 Å². The van der Waals surface area contributed by atoms with Crippen LogP contribution in [0.15, 0.2) is 24.3 Å². The van der Waals surface area contributed by atoms with Gasteiger partial charge < -0.3 is 10.6 Å². The van der Waals surface area contributed by atoms with E-state index in [9.17, 15) is 0 Å². The summed E-state index contributed by atoms with van der Waals surface area (Å²) in [6.45, 7) is 2.84. The van der Waals surface area contributed by atoms with Crippen molar-refractivity contribution in [1.82, 2.24) is 0 Å². The van der Waals surface area contributed by atoms with Gasteiger partial charge >= 0.3 is 0 Å². The van der Waals surface area contributed by atoms with E-state index in [4.69, 9.17) is 5.73 Å². The van der Waals surface area contributed by atoms with Gasteiger partial charge in [-0.05, 0) is 43.0 Å². The summed E-state index contributed by atoms with van der Waals surface area (Å²) in [5.74, 6) is 1.16. The number of nitrogens with two attached hydrogens (primary N) is 1. The highest BCUT2D eigenvalue weighted by molar-refractivity contribution is 7.98. The predicted octanol–water partition coefficient (Wildman–Crippen LogP) is 2.51. The molecule has 90 valence electrons. The predicted molar refractivity (Wildman–Crippen MR) is 75.4 cm³/mol. The Hall–Kier alpha value is -0.670. The molecular formula is C13H22N2S. The third-order valence-electron chi connectivity index (χ3n) is 2.88. The molecule has 0 heterocycles. The van der Waals surface area contributed by atoms with Crippen LogP contribution < -0.4 is 10.6 Å². The Bertz CT molecular complexity index is 315. The molecule has 0 saturated carbocycles. The highest BCUT2D eigenvalue weighted by atomic mass is 32.2. The van der Waals surface area contributed by atoms with Crippen LogP contribution >= 0.6 is 11.8 Å². The van der Waals surface area contributed by atoms with E-state index in [2.05, 4.69) is 49.4 Å². The summed E-state index contributed by atoms with van der Waals surface area (Å²) in [6.07, 6.45) is 3.28. The Balaban J connectivity index is 2.70. The molecule has 0 radical (unpaired) electrons. The molecule has 1 aromatic rings. The topological polar surface area (TPSA) is 29.3 Å². The number of thioether (sulfide) groups is 1. The van der Waals surface area contributed by atoms with Gasteiger partial charge in [-0.15, -0.1) is 0 Å². The summed E-state index contributed by atoms with van der Waals surface area (Å²) < 4.78 is 0. The van der Waals surface area contributed by atoms with Crippen molar-refractivity contribution in [2.75, 3.05) is 30.5 Å². The zero-order valence-electron chi connectivity index (χ0n) is 10.4. The van der Waals surface area contributed by atoms with Crippen molar-refractivity contribution in [3.8, 4) is 0 Å². The quantitative estimate of drug-likeness (QED) is 0.825. The van der Waals surface area contributed by atoms with Crippen LogP contribution in [0.5, 0.6) is 0 Å². The average Bonchev–Trinajstić information content (AvgIpc) is 2.29. The van der Waals surface area contributed by atoms with Crippen LogP contribution in [0.3, 0.4) is 0 Å². The third-order valence-corrected chi connectivity index (χ3v) is 3.53.